The van der Waals surface area contributed by atoms with Crippen LogP contribution in [0.2, 0.25) is 0 Å². The molecule has 1 nitrogen and oxygen atoms in total. The molecular formula is C9H10FN. The topological polar surface area (TPSA) is 12.0 Å². The van der Waals surface area contributed by atoms with Gasteiger partial charge in [0.1, 0.15) is 5.82 Å². The third-order valence-electron chi connectivity index (χ3n) is 1.43. The fraction of sp³-hybridized carbons (Fsp3) is 0.111. The van der Waals surface area contributed by atoms with E-state index in [1.807, 2.05) is 0 Å². The van der Waals surface area contributed by atoms with Crippen LogP contribution in [0.15, 0.2) is 31.0 Å². The predicted molar refractivity (Wildman–Crippen MR) is 45.0 cm³/mol. The van der Waals surface area contributed by atoms with Gasteiger partial charge in [0, 0.05) is 5.69 Å². The van der Waals surface area contributed by atoms with Crippen LogP contribution in [0.4, 0.5) is 10.1 Å². The van der Waals surface area contributed by atoms with Gasteiger partial charge in [0.2, 0.25) is 0 Å². The molecule has 58 valence electrons. The van der Waals surface area contributed by atoms with E-state index in [4.69, 9.17) is 0 Å². The monoisotopic (exact) mass is 151 g/mol. The smallest absolute Gasteiger partial charge is 0.126 e. The molecule has 0 fully saturated rings. The van der Waals surface area contributed by atoms with E-state index in [0.717, 1.165) is 5.69 Å². The van der Waals surface area contributed by atoms with Crippen molar-refractivity contribution in [3.8, 4) is 0 Å². The lowest BCUT2D eigenvalue weighted by atomic mass is 10.2. The number of benzene rings is 1. The lowest BCUT2D eigenvalue weighted by Gasteiger charge is -2.01. The summed E-state index contributed by atoms with van der Waals surface area (Å²) >= 11 is 0. The van der Waals surface area contributed by atoms with Gasteiger partial charge in [0.15, 0.2) is 0 Å². The normalized spacial score (nSPS) is 9.27. The summed E-state index contributed by atoms with van der Waals surface area (Å²) in [5.41, 5.74) is 1.50. The molecule has 0 aromatic heterocycles. The van der Waals surface area contributed by atoms with Gasteiger partial charge in [-0.15, -0.1) is 0 Å². The minimum absolute atomic E-state index is 0.181. The first-order valence-electron chi connectivity index (χ1n) is 3.37. The van der Waals surface area contributed by atoms with Crippen LogP contribution in [0.3, 0.4) is 0 Å². The molecule has 0 heterocycles. The van der Waals surface area contributed by atoms with Gasteiger partial charge in [-0.05, 0) is 36.9 Å². The first-order chi connectivity index (χ1) is 5.24. The highest BCUT2D eigenvalue weighted by molar-refractivity contribution is 5.47. The second-order valence-corrected chi connectivity index (χ2v) is 2.31. The van der Waals surface area contributed by atoms with E-state index >= 15 is 0 Å². The predicted octanol–water partition coefficient (Wildman–Crippen LogP) is 2.69. The van der Waals surface area contributed by atoms with Crippen molar-refractivity contribution in [2.24, 2.45) is 0 Å². The van der Waals surface area contributed by atoms with Gasteiger partial charge in [-0.25, -0.2) is 4.39 Å². The molecule has 0 spiro atoms. The molecule has 0 unspecified atom stereocenters. The van der Waals surface area contributed by atoms with Crippen LogP contribution in [0.1, 0.15) is 5.56 Å². The molecule has 0 atom stereocenters. The second kappa shape index (κ2) is 3.19. The zero-order valence-electron chi connectivity index (χ0n) is 6.39. The second-order valence-electron chi connectivity index (χ2n) is 2.31. The Morgan fingerprint density at radius 3 is 2.82 bits per heavy atom. The Morgan fingerprint density at radius 1 is 1.55 bits per heavy atom. The molecule has 2 heteroatoms. The van der Waals surface area contributed by atoms with Gasteiger partial charge in [-0.3, -0.25) is 0 Å². The molecule has 0 saturated carbocycles. The third-order valence-corrected chi connectivity index (χ3v) is 1.43. The Kier molecular flexibility index (Phi) is 2.26. The maximum atomic E-state index is 12.7. The summed E-state index contributed by atoms with van der Waals surface area (Å²) in [6.45, 7) is 5.23. The van der Waals surface area contributed by atoms with Crippen LogP contribution in [-0.4, -0.2) is 0 Å². The molecule has 0 radical (unpaired) electrons. The van der Waals surface area contributed by atoms with Crippen molar-refractivity contribution in [1.82, 2.24) is 0 Å². The fourth-order valence-corrected chi connectivity index (χ4v) is 0.852. The lowest BCUT2D eigenvalue weighted by molar-refractivity contribution is 0.619. The van der Waals surface area contributed by atoms with E-state index in [1.165, 1.54) is 6.07 Å². The Morgan fingerprint density at radius 2 is 2.27 bits per heavy atom. The molecule has 0 aliphatic heterocycles. The Hall–Kier alpha value is -1.31. The molecule has 0 aliphatic rings. The van der Waals surface area contributed by atoms with Gasteiger partial charge < -0.3 is 5.32 Å². The largest absolute Gasteiger partial charge is 0.362 e. The van der Waals surface area contributed by atoms with Crippen molar-refractivity contribution >= 4 is 5.69 Å². The third kappa shape index (κ3) is 1.80. The molecule has 0 amide bonds. The number of anilines is 1. The summed E-state index contributed by atoms with van der Waals surface area (Å²) < 4.78 is 12.7. The van der Waals surface area contributed by atoms with Crippen molar-refractivity contribution < 1.29 is 4.39 Å². The summed E-state index contributed by atoms with van der Waals surface area (Å²) in [5.74, 6) is -0.181. The quantitative estimate of drug-likeness (QED) is 0.685. The summed E-state index contributed by atoms with van der Waals surface area (Å²) in [6.07, 6.45) is 1.56. The molecular weight excluding hydrogens is 141 g/mol. The zero-order valence-corrected chi connectivity index (χ0v) is 6.39. The van der Waals surface area contributed by atoms with Gasteiger partial charge >= 0.3 is 0 Å². The average Bonchev–Trinajstić information content (AvgIpc) is 1.98. The highest BCUT2D eigenvalue weighted by atomic mass is 19.1. The number of halogens is 1. The molecule has 0 saturated heterocycles. The number of hydrogen-bond acceptors (Lipinski definition) is 1. The maximum absolute atomic E-state index is 12.7. The van der Waals surface area contributed by atoms with E-state index in [0.29, 0.717) is 5.56 Å². The zero-order chi connectivity index (χ0) is 8.27. The minimum atomic E-state index is -0.181. The molecule has 1 aromatic rings. The van der Waals surface area contributed by atoms with Crippen LogP contribution in [0.25, 0.3) is 0 Å². The van der Waals surface area contributed by atoms with Crippen molar-refractivity contribution in [2.45, 2.75) is 6.92 Å². The number of nitrogens with one attached hydrogen (secondary N) is 1. The van der Waals surface area contributed by atoms with Crippen LogP contribution in [0.5, 0.6) is 0 Å². The Labute approximate surface area is 65.6 Å². The summed E-state index contributed by atoms with van der Waals surface area (Å²) in [6, 6.07) is 4.84. The maximum Gasteiger partial charge on any atom is 0.126 e. The van der Waals surface area contributed by atoms with Gasteiger partial charge in [-0.2, -0.15) is 0 Å². The summed E-state index contributed by atoms with van der Waals surface area (Å²) in [7, 11) is 0. The van der Waals surface area contributed by atoms with Gasteiger partial charge in [0.05, 0.1) is 0 Å². The minimum Gasteiger partial charge on any atom is -0.362 e. The van der Waals surface area contributed by atoms with E-state index in [1.54, 1.807) is 25.3 Å². The molecule has 0 aliphatic carbocycles. The van der Waals surface area contributed by atoms with Gasteiger partial charge in [0.25, 0.3) is 0 Å². The number of rotatable bonds is 2. The first-order valence-corrected chi connectivity index (χ1v) is 3.37. The van der Waals surface area contributed by atoms with Crippen LogP contribution >= 0.6 is 0 Å². The summed E-state index contributed by atoms with van der Waals surface area (Å²) in [4.78, 5) is 0. The highest BCUT2D eigenvalue weighted by Crippen LogP contribution is 2.12. The van der Waals surface area contributed by atoms with E-state index in [2.05, 4.69) is 11.9 Å². The Balaban J connectivity index is 2.95. The van der Waals surface area contributed by atoms with Crippen molar-refractivity contribution in [3.63, 3.8) is 0 Å². The summed E-state index contributed by atoms with van der Waals surface area (Å²) in [5, 5.41) is 2.87. The van der Waals surface area contributed by atoms with E-state index in [-0.39, 0.29) is 5.82 Å². The fourth-order valence-electron chi connectivity index (χ4n) is 0.852. The van der Waals surface area contributed by atoms with Crippen molar-refractivity contribution in [1.29, 1.82) is 0 Å². The van der Waals surface area contributed by atoms with Crippen molar-refractivity contribution in [2.75, 3.05) is 5.32 Å². The standard InChI is InChI=1S/C9H10FN/c1-3-11-8-4-5-9(10)7(2)6-8/h3-6,11H,1H2,2H3. The van der Waals surface area contributed by atoms with E-state index in [9.17, 15) is 4.39 Å². The first kappa shape index (κ1) is 7.79. The molecule has 1 rings (SSSR count). The van der Waals surface area contributed by atoms with Crippen molar-refractivity contribution in [3.05, 3.63) is 42.4 Å². The van der Waals surface area contributed by atoms with Crippen LogP contribution < -0.4 is 5.32 Å². The molecule has 11 heavy (non-hydrogen) atoms. The molecule has 1 aromatic carbocycles. The lowest BCUT2D eigenvalue weighted by Crippen LogP contribution is -1.88. The number of aryl methyl sites for hydroxylation is 1. The van der Waals surface area contributed by atoms with Crippen LogP contribution in [0, 0.1) is 12.7 Å². The van der Waals surface area contributed by atoms with Gasteiger partial charge in [-0.1, -0.05) is 6.58 Å². The SMILES string of the molecule is C=CNc1ccc(F)c(C)c1. The molecule has 0 bridgehead atoms. The highest BCUT2D eigenvalue weighted by Gasteiger charge is 1.95. The molecule has 1 N–H and O–H groups in total. The van der Waals surface area contributed by atoms with Crippen LogP contribution in [-0.2, 0) is 0 Å². The average molecular weight is 151 g/mol. The van der Waals surface area contributed by atoms with E-state index < -0.39 is 0 Å². The Bertz CT molecular complexity index is 268. The number of hydrogen-bond donors (Lipinski definition) is 1.